The highest BCUT2D eigenvalue weighted by molar-refractivity contribution is 6.31. The van der Waals surface area contributed by atoms with Crippen LogP contribution in [-0.2, 0) is 11.3 Å². The van der Waals surface area contributed by atoms with Crippen molar-refractivity contribution in [2.75, 3.05) is 6.61 Å². The molecule has 0 aliphatic heterocycles. The van der Waals surface area contributed by atoms with Gasteiger partial charge in [0, 0.05) is 16.3 Å². The number of halogens is 4. The molecule has 2 aromatic carbocycles. The molecule has 0 saturated heterocycles. The lowest BCUT2D eigenvalue weighted by Crippen LogP contribution is -2.10. The van der Waals surface area contributed by atoms with Gasteiger partial charge in [0.25, 0.3) is 0 Å². The molecule has 4 rings (SSSR count). The maximum absolute atomic E-state index is 14.1. The van der Waals surface area contributed by atoms with Crippen LogP contribution >= 0.6 is 11.6 Å². The van der Waals surface area contributed by atoms with Crippen LogP contribution in [0.4, 0.5) is 13.2 Å². The van der Waals surface area contributed by atoms with Gasteiger partial charge in [0.1, 0.15) is 24.0 Å². The number of ether oxygens (including phenoxy) is 2. The lowest BCUT2D eigenvalue weighted by Gasteiger charge is -2.16. The van der Waals surface area contributed by atoms with Crippen LogP contribution in [0.25, 0.3) is 17.1 Å². The van der Waals surface area contributed by atoms with Gasteiger partial charge in [-0.25, -0.2) is 22.9 Å². The molecule has 0 N–H and O–H groups in total. The Morgan fingerprint density at radius 3 is 2.57 bits per heavy atom. The summed E-state index contributed by atoms with van der Waals surface area (Å²) in [6.07, 6.45) is 0. The summed E-state index contributed by atoms with van der Waals surface area (Å²) in [7, 11) is 0. The van der Waals surface area contributed by atoms with Crippen LogP contribution in [0.2, 0.25) is 5.02 Å². The molecule has 0 saturated carbocycles. The van der Waals surface area contributed by atoms with Crippen LogP contribution in [0, 0.1) is 24.4 Å². The monoisotopic (exact) mass is 500 g/mol. The Balaban J connectivity index is 1.75. The summed E-state index contributed by atoms with van der Waals surface area (Å²) < 4.78 is 54.4. The molecule has 35 heavy (non-hydrogen) atoms. The minimum atomic E-state index is -1.31. The average molecular weight is 501 g/mol. The van der Waals surface area contributed by atoms with E-state index in [4.69, 9.17) is 21.1 Å². The largest absolute Gasteiger partial charge is 0.488 e. The predicted octanol–water partition coefficient (Wildman–Crippen LogP) is 6.67. The number of aryl methyl sites for hydroxylation is 1. The van der Waals surface area contributed by atoms with Gasteiger partial charge in [0.2, 0.25) is 0 Å². The zero-order chi connectivity index (χ0) is 25.1. The molecule has 0 aliphatic rings. The third-order valence-corrected chi connectivity index (χ3v) is 5.49. The maximum Gasteiger partial charge on any atom is 0.356 e. The number of benzene rings is 2. The van der Waals surface area contributed by atoms with Crippen LogP contribution in [-0.4, -0.2) is 22.1 Å². The van der Waals surface area contributed by atoms with Crippen LogP contribution in [0.5, 0.6) is 5.75 Å². The summed E-state index contributed by atoms with van der Waals surface area (Å²) in [5.41, 5.74) is 1.52. The molecule has 9 heteroatoms. The zero-order valence-electron chi connectivity index (χ0n) is 18.8. The lowest BCUT2D eigenvalue weighted by atomic mass is 10.1. The van der Waals surface area contributed by atoms with Gasteiger partial charge in [-0.3, -0.25) is 4.57 Å². The average Bonchev–Trinajstić information content (AvgIpc) is 3.23. The summed E-state index contributed by atoms with van der Waals surface area (Å²) in [4.78, 5) is 16.6. The Morgan fingerprint density at radius 2 is 1.80 bits per heavy atom. The first-order chi connectivity index (χ1) is 16.8. The first kappa shape index (κ1) is 24.3. The van der Waals surface area contributed by atoms with Crippen LogP contribution in [0.1, 0.15) is 28.7 Å². The van der Waals surface area contributed by atoms with E-state index < -0.39 is 35.6 Å². The molecule has 0 spiro atoms. The van der Waals surface area contributed by atoms with Crippen molar-refractivity contribution < 1.29 is 27.4 Å². The fourth-order valence-corrected chi connectivity index (χ4v) is 3.77. The minimum Gasteiger partial charge on any atom is -0.488 e. The van der Waals surface area contributed by atoms with Crippen molar-refractivity contribution in [1.82, 2.24) is 9.55 Å². The van der Waals surface area contributed by atoms with Crippen molar-refractivity contribution in [2.24, 2.45) is 0 Å². The fraction of sp³-hybridized carbons (Fsp3) is 0.154. The Bertz CT molecular complexity index is 1400. The van der Waals surface area contributed by atoms with Crippen LogP contribution < -0.4 is 4.74 Å². The first-order valence-corrected chi connectivity index (χ1v) is 11.1. The number of hydrogen-bond acceptors (Lipinski definition) is 4. The molecule has 0 bridgehead atoms. The Labute approximate surface area is 204 Å². The van der Waals surface area contributed by atoms with Crippen molar-refractivity contribution in [3.8, 4) is 22.8 Å². The molecular formula is C26H20ClF3N2O3. The number of carbonyl (C=O) groups is 1. The van der Waals surface area contributed by atoms with Crippen LogP contribution in [0.15, 0.2) is 60.7 Å². The molecule has 2 heterocycles. The molecule has 2 aromatic heterocycles. The highest BCUT2D eigenvalue weighted by Gasteiger charge is 2.19. The Kier molecular flexibility index (Phi) is 7.12. The van der Waals surface area contributed by atoms with Gasteiger partial charge in [-0.1, -0.05) is 17.7 Å². The standard InChI is InChI=1S/C26H20ClF3N2O3/c1-3-34-26(33)21-5-4-6-24(31-21)32-15(2)7-11-22(32)17-13-16(27)8-12-23(17)35-14-18-19(28)9-10-20(29)25(18)30/h4-13H,3,14H2,1-2H3. The molecule has 0 amide bonds. The normalized spacial score (nSPS) is 10.9. The SMILES string of the molecule is CCOC(=O)c1cccc(-n2c(C)ccc2-c2cc(Cl)ccc2OCc2c(F)ccc(F)c2F)n1. The minimum absolute atomic E-state index is 0.142. The van der Waals surface area contributed by atoms with Gasteiger partial charge < -0.3 is 9.47 Å². The fourth-order valence-electron chi connectivity index (χ4n) is 3.60. The molecule has 4 aromatic rings. The topological polar surface area (TPSA) is 53.4 Å². The van der Waals surface area contributed by atoms with Gasteiger partial charge in [0.15, 0.2) is 17.3 Å². The van der Waals surface area contributed by atoms with Gasteiger partial charge >= 0.3 is 5.97 Å². The van der Waals surface area contributed by atoms with E-state index >= 15 is 0 Å². The third-order valence-electron chi connectivity index (χ3n) is 5.25. The molecule has 0 fully saturated rings. The van der Waals surface area contributed by atoms with Crippen molar-refractivity contribution >= 4 is 17.6 Å². The highest BCUT2D eigenvalue weighted by atomic mass is 35.5. The van der Waals surface area contributed by atoms with Crippen LogP contribution in [0.3, 0.4) is 0 Å². The smallest absolute Gasteiger partial charge is 0.356 e. The quantitative estimate of drug-likeness (QED) is 0.210. The van der Waals surface area contributed by atoms with Crippen molar-refractivity contribution in [2.45, 2.75) is 20.5 Å². The van der Waals surface area contributed by atoms with Crippen molar-refractivity contribution in [3.63, 3.8) is 0 Å². The van der Waals surface area contributed by atoms with Crippen molar-refractivity contribution in [3.05, 3.63) is 100 Å². The number of esters is 1. The molecule has 5 nitrogen and oxygen atoms in total. The number of carbonyl (C=O) groups excluding carboxylic acids is 1. The molecule has 0 radical (unpaired) electrons. The van der Waals surface area contributed by atoms with E-state index in [9.17, 15) is 18.0 Å². The summed E-state index contributed by atoms with van der Waals surface area (Å²) >= 11 is 6.25. The summed E-state index contributed by atoms with van der Waals surface area (Å²) in [5.74, 6) is -3.23. The molecule has 180 valence electrons. The summed E-state index contributed by atoms with van der Waals surface area (Å²) in [6.45, 7) is 3.23. The Hall–Kier alpha value is -3.78. The number of pyridine rings is 1. The van der Waals surface area contributed by atoms with Gasteiger partial charge in [-0.2, -0.15) is 0 Å². The second kappa shape index (κ2) is 10.2. The van der Waals surface area contributed by atoms with E-state index in [0.717, 1.165) is 17.8 Å². The molecule has 0 unspecified atom stereocenters. The van der Waals surface area contributed by atoms with E-state index in [-0.39, 0.29) is 18.1 Å². The first-order valence-electron chi connectivity index (χ1n) is 10.7. The van der Waals surface area contributed by atoms with E-state index in [0.29, 0.717) is 22.1 Å². The van der Waals surface area contributed by atoms with Gasteiger partial charge in [-0.05, 0) is 68.4 Å². The summed E-state index contributed by atoms with van der Waals surface area (Å²) in [6, 6.07) is 14.9. The zero-order valence-corrected chi connectivity index (χ0v) is 19.6. The molecular weight excluding hydrogens is 481 g/mol. The Morgan fingerprint density at radius 1 is 1.03 bits per heavy atom. The molecule has 0 aliphatic carbocycles. The van der Waals surface area contributed by atoms with E-state index in [1.165, 1.54) is 0 Å². The molecule has 0 atom stereocenters. The van der Waals surface area contributed by atoms with Crippen molar-refractivity contribution in [1.29, 1.82) is 0 Å². The summed E-state index contributed by atoms with van der Waals surface area (Å²) in [5, 5.41) is 0.397. The highest BCUT2D eigenvalue weighted by Crippen LogP contribution is 2.36. The number of nitrogens with zero attached hydrogens (tertiary/aromatic N) is 2. The second-order valence-electron chi connectivity index (χ2n) is 7.55. The second-order valence-corrected chi connectivity index (χ2v) is 7.98. The third kappa shape index (κ3) is 5.02. The van der Waals surface area contributed by atoms with Gasteiger partial charge in [-0.15, -0.1) is 0 Å². The van der Waals surface area contributed by atoms with Gasteiger partial charge in [0.05, 0.1) is 17.9 Å². The predicted molar refractivity (Wildman–Crippen MR) is 125 cm³/mol. The number of hydrogen-bond donors (Lipinski definition) is 0. The number of rotatable bonds is 7. The number of aromatic nitrogens is 2. The van der Waals surface area contributed by atoms with E-state index in [1.54, 1.807) is 54.0 Å². The van der Waals surface area contributed by atoms with E-state index in [2.05, 4.69) is 4.98 Å². The van der Waals surface area contributed by atoms with E-state index in [1.807, 2.05) is 13.0 Å². The maximum atomic E-state index is 14.1. The lowest BCUT2D eigenvalue weighted by molar-refractivity contribution is 0.0519.